The molecular formula is C16H23Cl2N5O. The van der Waals surface area contributed by atoms with Gasteiger partial charge in [0.25, 0.3) is 5.91 Å². The Labute approximate surface area is 153 Å². The van der Waals surface area contributed by atoms with Gasteiger partial charge in [0.1, 0.15) is 0 Å². The number of nitrogens with one attached hydrogen (secondary N) is 2. The molecule has 1 amide bonds. The van der Waals surface area contributed by atoms with Crippen molar-refractivity contribution in [1.29, 1.82) is 0 Å². The number of fused-ring (bicyclic) bond motifs is 3. The van der Waals surface area contributed by atoms with Gasteiger partial charge in [-0.15, -0.1) is 24.8 Å². The van der Waals surface area contributed by atoms with E-state index < -0.39 is 0 Å². The first-order valence-electron chi connectivity index (χ1n) is 7.96. The molecule has 2 fully saturated rings. The number of hydrogen-bond donors (Lipinski definition) is 2. The Morgan fingerprint density at radius 3 is 2.58 bits per heavy atom. The molecule has 0 aliphatic carbocycles. The first-order chi connectivity index (χ1) is 10.6. The van der Waals surface area contributed by atoms with Crippen molar-refractivity contribution < 1.29 is 4.79 Å². The number of aromatic nitrogens is 3. The number of halogens is 2. The zero-order valence-electron chi connectivity index (χ0n) is 13.8. The summed E-state index contributed by atoms with van der Waals surface area (Å²) in [4.78, 5) is 19.0. The molecule has 2 N–H and O–H groups in total. The largest absolute Gasteiger partial charge is 0.339 e. The van der Waals surface area contributed by atoms with Crippen LogP contribution in [-0.4, -0.2) is 51.2 Å². The van der Waals surface area contributed by atoms with Gasteiger partial charge in [-0.1, -0.05) is 0 Å². The number of H-pyrrole nitrogens is 1. The van der Waals surface area contributed by atoms with Crippen LogP contribution >= 0.6 is 24.8 Å². The van der Waals surface area contributed by atoms with E-state index in [1.54, 1.807) is 6.20 Å². The van der Waals surface area contributed by atoms with Crippen LogP contribution in [0.15, 0.2) is 12.3 Å². The van der Waals surface area contributed by atoms with Crippen LogP contribution in [0, 0.1) is 6.92 Å². The van der Waals surface area contributed by atoms with Gasteiger partial charge < -0.3 is 10.2 Å². The second-order valence-electron chi connectivity index (χ2n) is 6.62. The van der Waals surface area contributed by atoms with Gasteiger partial charge in [0.2, 0.25) is 0 Å². The summed E-state index contributed by atoms with van der Waals surface area (Å²) in [7, 11) is 1.92. The molecule has 4 rings (SSSR count). The molecule has 2 bridgehead atoms. The summed E-state index contributed by atoms with van der Waals surface area (Å²) in [5.41, 5.74) is 2.25. The van der Waals surface area contributed by atoms with E-state index in [1.165, 1.54) is 12.8 Å². The third-order valence-electron chi connectivity index (χ3n) is 5.16. The van der Waals surface area contributed by atoms with Crippen LogP contribution in [-0.2, 0) is 0 Å². The Bertz CT molecular complexity index is 722. The predicted octanol–water partition coefficient (Wildman–Crippen LogP) is 2.46. The third kappa shape index (κ3) is 3.23. The number of carbonyl (C=O) groups is 1. The normalized spacial score (nSPS) is 25.0. The molecule has 24 heavy (non-hydrogen) atoms. The first kappa shape index (κ1) is 19.0. The first-order valence-corrected chi connectivity index (χ1v) is 7.96. The molecule has 4 heterocycles. The molecule has 0 radical (unpaired) electrons. The summed E-state index contributed by atoms with van der Waals surface area (Å²) in [6.07, 6.45) is 6.23. The second kappa shape index (κ2) is 7.25. The zero-order valence-corrected chi connectivity index (χ0v) is 15.4. The summed E-state index contributed by atoms with van der Waals surface area (Å²) < 4.78 is 0. The molecule has 2 aromatic heterocycles. The molecule has 8 heteroatoms. The van der Waals surface area contributed by atoms with E-state index in [4.69, 9.17) is 0 Å². The minimum atomic E-state index is 0. The predicted molar refractivity (Wildman–Crippen MR) is 98.2 cm³/mol. The number of hydrogen-bond acceptors (Lipinski definition) is 4. The van der Waals surface area contributed by atoms with Crippen LogP contribution in [0.4, 0.5) is 0 Å². The van der Waals surface area contributed by atoms with Crippen molar-refractivity contribution in [2.24, 2.45) is 0 Å². The SMILES string of the molecule is Cc1[nH]nc2ncc(C(=O)N(C)C3CC4CCC(C3)N4)cc12.Cl.Cl. The smallest absolute Gasteiger partial charge is 0.255 e. The highest BCUT2D eigenvalue weighted by molar-refractivity contribution is 5.97. The van der Waals surface area contributed by atoms with Crippen LogP contribution in [0.2, 0.25) is 0 Å². The second-order valence-corrected chi connectivity index (χ2v) is 6.62. The number of pyridine rings is 1. The lowest BCUT2D eigenvalue weighted by atomic mass is 9.98. The van der Waals surface area contributed by atoms with Crippen molar-refractivity contribution in [2.45, 2.75) is 50.7 Å². The molecule has 0 aromatic carbocycles. The Kier molecular flexibility index (Phi) is 5.73. The summed E-state index contributed by atoms with van der Waals surface area (Å²) in [6.45, 7) is 1.94. The van der Waals surface area contributed by atoms with E-state index in [-0.39, 0.29) is 30.7 Å². The highest BCUT2D eigenvalue weighted by Crippen LogP contribution is 2.30. The fraction of sp³-hybridized carbons (Fsp3) is 0.562. The molecule has 0 saturated carbocycles. The van der Waals surface area contributed by atoms with E-state index >= 15 is 0 Å². The molecule has 2 saturated heterocycles. The van der Waals surface area contributed by atoms with Crippen LogP contribution in [0.3, 0.4) is 0 Å². The van der Waals surface area contributed by atoms with Crippen molar-refractivity contribution in [3.63, 3.8) is 0 Å². The number of amides is 1. The van der Waals surface area contributed by atoms with Gasteiger partial charge in [-0.25, -0.2) is 4.98 Å². The van der Waals surface area contributed by atoms with Crippen LogP contribution in [0.5, 0.6) is 0 Å². The van der Waals surface area contributed by atoms with Crippen LogP contribution < -0.4 is 5.32 Å². The van der Waals surface area contributed by atoms with Gasteiger partial charge in [-0.05, 0) is 38.7 Å². The van der Waals surface area contributed by atoms with E-state index in [0.717, 1.165) is 23.9 Å². The standard InChI is InChI=1S/C16H21N5O.2ClH/c1-9-14-5-10(8-17-15(14)20-19-9)16(22)21(2)13-6-11-3-4-12(7-13)18-11;;/h5,8,11-13,18H,3-4,6-7H2,1-2H3,(H,17,19,20);2*1H. The number of aryl methyl sites for hydroxylation is 1. The molecule has 2 aliphatic rings. The Morgan fingerprint density at radius 2 is 1.92 bits per heavy atom. The molecule has 2 unspecified atom stereocenters. The van der Waals surface area contributed by atoms with E-state index in [2.05, 4.69) is 20.5 Å². The maximum Gasteiger partial charge on any atom is 0.255 e. The van der Waals surface area contributed by atoms with Crippen molar-refractivity contribution in [3.05, 3.63) is 23.5 Å². The lowest BCUT2D eigenvalue weighted by molar-refractivity contribution is 0.0681. The Morgan fingerprint density at radius 1 is 1.25 bits per heavy atom. The van der Waals surface area contributed by atoms with Gasteiger partial charge in [0.15, 0.2) is 5.65 Å². The minimum absolute atomic E-state index is 0. The fourth-order valence-corrected chi connectivity index (χ4v) is 3.85. The summed E-state index contributed by atoms with van der Waals surface area (Å²) in [6, 6.07) is 3.38. The molecule has 132 valence electrons. The highest BCUT2D eigenvalue weighted by Gasteiger charge is 2.36. The van der Waals surface area contributed by atoms with Gasteiger partial charge in [0, 0.05) is 42.5 Å². The van der Waals surface area contributed by atoms with Gasteiger partial charge in [0.05, 0.1) is 5.56 Å². The molecular weight excluding hydrogens is 349 g/mol. The lowest BCUT2D eigenvalue weighted by Gasteiger charge is -2.35. The molecule has 2 atom stereocenters. The third-order valence-corrected chi connectivity index (χ3v) is 5.16. The van der Waals surface area contributed by atoms with Crippen LogP contribution in [0.1, 0.15) is 41.7 Å². The zero-order chi connectivity index (χ0) is 15.3. The van der Waals surface area contributed by atoms with Crippen LogP contribution in [0.25, 0.3) is 11.0 Å². The van der Waals surface area contributed by atoms with Crippen molar-refractivity contribution in [1.82, 2.24) is 25.4 Å². The monoisotopic (exact) mass is 371 g/mol. The summed E-state index contributed by atoms with van der Waals surface area (Å²) >= 11 is 0. The Balaban J connectivity index is 0.00000104. The van der Waals surface area contributed by atoms with Gasteiger partial charge >= 0.3 is 0 Å². The van der Waals surface area contributed by atoms with E-state index in [1.807, 2.05) is 24.9 Å². The van der Waals surface area contributed by atoms with Crippen molar-refractivity contribution >= 4 is 41.8 Å². The van der Waals surface area contributed by atoms with Gasteiger partial charge in [-0.2, -0.15) is 5.10 Å². The van der Waals surface area contributed by atoms with Crippen molar-refractivity contribution in [2.75, 3.05) is 7.05 Å². The minimum Gasteiger partial charge on any atom is -0.339 e. The molecule has 2 aromatic rings. The number of carbonyl (C=O) groups excluding carboxylic acids is 1. The average Bonchev–Trinajstić information content (AvgIpc) is 3.08. The summed E-state index contributed by atoms with van der Waals surface area (Å²) in [5.74, 6) is 0.0568. The molecule has 2 aliphatic heterocycles. The fourth-order valence-electron chi connectivity index (χ4n) is 3.85. The topological polar surface area (TPSA) is 73.9 Å². The number of piperidine rings is 1. The lowest BCUT2D eigenvalue weighted by Crippen LogP contribution is -2.48. The summed E-state index contributed by atoms with van der Waals surface area (Å²) in [5, 5.41) is 11.6. The molecule has 0 spiro atoms. The van der Waals surface area contributed by atoms with Gasteiger partial charge in [-0.3, -0.25) is 9.89 Å². The average molecular weight is 372 g/mol. The molecule has 6 nitrogen and oxygen atoms in total. The quantitative estimate of drug-likeness (QED) is 0.850. The maximum absolute atomic E-state index is 12.8. The number of nitrogens with zero attached hydrogens (tertiary/aromatic N) is 3. The van der Waals surface area contributed by atoms with E-state index in [0.29, 0.717) is 29.3 Å². The highest BCUT2D eigenvalue weighted by atomic mass is 35.5. The number of rotatable bonds is 2. The Hall–Kier alpha value is -1.37. The number of aromatic amines is 1. The van der Waals surface area contributed by atoms with Crippen molar-refractivity contribution in [3.8, 4) is 0 Å². The maximum atomic E-state index is 12.8. The van der Waals surface area contributed by atoms with E-state index in [9.17, 15) is 4.79 Å².